The Morgan fingerprint density at radius 1 is 1.13 bits per heavy atom. The third-order valence-electron chi connectivity index (χ3n) is 3.91. The molecular formula is C18H34N4O. The van der Waals surface area contributed by atoms with Gasteiger partial charge in [0.15, 0.2) is 5.96 Å². The summed E-state index contributed by atoms with van der Waals surface area (Å²) in [6, 6.07) is 0. The first-order chi connectivity index (χ1) is 10.9. The molecule has 0 saturated carbocycles. The number of nitrogens with zero attached hydrogens (tertiary/aromatic N) is 2. The van der Waals surface area contributed by atoms with Crippen LogP contribution in [0.5, 0.6) is 0 Å². The van der Waals surface area contributed by atoms with E-state index in [4.69, 9.17) is 4.52 Å². The van der Waals surface area contributed by atoms with Crippen LogP contribution in [0.4, 0.5) is 0 Å². The fourth-order valence-corrected chi connectivity index (χ4v) is 2.52. The smallest absolute Gasteiger partial charge is 0.191 e. The van der Waals surface area contributed by atoms with E-state index in [1.54, 1.807) is 7.05 Å². The van der Waals surface area contributed by atoms with Gasteiger partial charge >= 0.3 is 0 Å². The standard InChI is InChI=1S/C18H34N4O/c1-7-15-14(16(8-2)23-22-15)13-21-17(19-6)20-12-10-9-11-18(3,4)5/h7-13H2,1-6H3,(H2,19,20,21). The maximum absolute atomic E-state index is 5.40. The Balaban J connectivity index is 2.39. The summed E-state index contributed by atoms with van der Waals surface area (Å²) in [5, 5.41) is 10.9. The van der Waals surface area contributed by atoms with Crippen LogP contribution in [0.15, 0.2) is 9.52 Å². The van der Waals surface area contributed by atoms with E-state index < -0.39 is 0 Å². The summed E-state index contributed by atoms with van der Waals surface area (Å²) in [4.78, 5) is 4.29. The molecule has 0 fully saturated rings. The number of unbranched alkanes of at least 4 members (excludes halogenated alkanes) is 1. The SMILES string of the molecule is CCc1noc(CC)c1CNC(=NC)NCCCCC(C)(C)C. The number of guanidine groups is 1. The maximum Gasteiger partial charge on any atom is 0.191 e. The van der Waals surface area contributed by atoms with Gasteiger partial charge in [-0.3, -0.25) is 4.99 Å². The molecule has 2 N–H and O–H groups in total. The Hall–Kier alpha value is -1.52. The average molecular weight is 322 g/mol. The lowest BCUT2D eigenvalue weighted by Crippen LogP contribution is -2.37. The molecule has 0 atom stereocenters. The highest BCUT2D eigenvalue weighted by Gasteiger charge is 2.13. The zero-order valence-corrected chi connectivity index (χ0v) is 15.8. The quantitative estimate of drug-likeness (QED) is 0.435. The molecule has 5 nitrogen and oxygen atoms in total. The van der Waals surface area contributed by atoms with Crippen LogP contribution in [0.2, 0.25) is 0 Å². The largest absolute Gasteiger partial charge is 0.361 e. The van der Waals surface area contributed by atoms with Gasteiger partial charge in [0, 0.05) is 32.1 Å². The fraction of sp³-hybridized carbons (Fsp3) is 0.778. The van der Waals surface area contributed by atoms with Gasteiger partial charge < -0.3 is 15.2 Å². The summed E-state index contributed by atoms with van der Waals surface area (Å²) < 4.78 is 5.40. The maximum atomic E-state index is 5.40. The summed E-state index contributed by atoms with van der Waals surface area (Å²) in [5.41, 5.74) is 2.63. The zero-order chi connectivity index (χ0) is 17.3. The van der Waals surface area contributed by atoms with Crippen LogP contribution in [0, 0.1) is 5.41 Å². The van der Waals surface area contributed by atoms with E-state index in [9.17, 15) is 0 Å². The van der Waals surface area contributed by atoms with Gasteiger partial charge in [0.2, 0.25) is 0 Å². The van der Waals surface area contributed by atoms with Gasteiger partial charge in [-0.05, 0) is 24.7 Å². The number of hydrogen-bond donors (Lipinski definition) is 2. The Kier molecular flexibility index (Phi) is 8.13. The lowest BCUT2D eigenvalue weighted by molar-refractivity contribution is 0.360. The van der Waals surface area contributed by atoms with Crippen molar-refractivity contribution in [2.75, 3.05) is 13.6 Å². The van der Waals surface area contributed by atoms with E-state index in [-0.39, 0.29) is 0 Å². The van der Waals surface area contributed by atoms with Crippen LogP contribution in [0.1, 0.15) is 70.9 Å². The van der Waals surface area contributed by atoms with Crippen LogP contribution in [0.25, 0.3) is 0 Å². The Bertz CT molecular complexity index is 464. The zero-order valence-electron chi connectivity index (χ0n) is 15.8. The number of aromatic nitrogens is 1. The first-order valence-corrected chi connectivity index (χ1v) is 8.82. The summed E-state index contributed by atoms with van der Waals surface area (Å²) in [6.45, 7) is 12.7. The van der Waals surface area contributed by atoms with Crippen molar-refractivity contribution < 1.29 is 4.52 Å². The molecule has 1 aromatic heterocycles. The Labute approximate surface area is 141 Å². The van der Waals surface area contributed by atoms with Crippen LogP contribution >= 0.6 is 0 Å². The lowest BCUT2D eigenvalue weighted by Gasteiger charge is -2.18. The van der Waals surface area contributed by atoms with Crippen molar-refractivity contribution in [3.63, 3.8) is 0 Å². The Morgan fingerprint density at radius 3 is 2.43 bits per heavy atom. The Morgan fingerprint density at radius 2 is 1.87 bits per heavy atom. The number of aliphatic imine (C=N–C) groups is 1. The molecule has 5 heteroatoms. The van der Waals surface area contributed by atoms with Gasteiger partial charge in [-0.25, -0.2) is 0 Å². The van der Waals surface area contributed by atoms with E-state index in [0.717, 1.165) is 43.2 Å². The number of rotatable bonds is 8. The predicted molar refractivity (Wildman–Crippen MR) is 96.8 cm³/mol. The van der Waals surface area contributed by atoms with Crippen molar-refractivity contribution in [2.24, 2.45) is 10.4 Å². The second-order valence-electron chi connectivity index (χ2n) is 7.11. The second-order valence-corrected chi connectivity index (χ2v) is 7.11. The minimum absolute atomic E-state index is 0.418. The fourth-order valence-electron chi connectivity index (χ4n) is 2.52. The third-order valence-corrected chi connectivity index (χ3v) is 3.91. The molecule has 23 heavy (non-hydrogen) atoms. The molecule has 0 bridgehead atoms. The van der Waals surface area contributed by atoms with Gasteiger partial charge in [0.25, 0.3) is 0 Å². The van der Waals surface area contributed by atoms with Crippen molar-refractivity contribution in [1.29, 1.82) is 0 Å². The molecule has 0 aromatic carbocycles. The molecule has 1 rings (SSSR count). The number of hydrogen-bond acceptors (Lipinski definition) is 3. The van der Waals surface area contributed by atoms with E-state index >= 15 is 0 Å². The molecule has 0 amide bonds. The van der Waals surface area contributed by atoms with Crippen molar-refractivity contribution in [3.05, 3.63) is 17.0 Å². The molecular weight excluding hydrogens is 288 g/mol. The molecule has 0 unspecified atom stereocenters. The van der Waals surface area contributed by atoms with Gasteiger partial charge in [0.05, 0.1) is 5.69 Å². The summed E-state index contributed by atoms with van der Waals surface area (Å²) in [7, 11) is 1.81. The molecule has 0 radical (unpaired) electrons. The van der Waals surface area contributed by atoms with Crippen molar-refractivity contribution in [3.8, 4) is 0 Å². The molecule has 0 saturated heterocycles. The van der Waals surface area contributed by atoms with Gasteiger partial charge in [-0.15, -0.1) is 0 Å². The molecule has 0 aliphatic carbocycles. The number of nitrogens with one attached hydrogen (secondary N) is 2. The highest BCUT2D eigenvalue weighted by Crippen LogP contribution is 2.21. The van der Waals surface area contributed by atoms with E-state index in [2.05, 4.69) is 55.4 Å². The van der Waals surface area contributed by atoms with Gasteiger partial charge in [-0.2, -0.15) is 0 Å². The molecule has 0 spiro atoms. The highest BCUT2D eigenvalue weighted by atomic mass is 16.5. The normalized spacial score (nSPS) is 12.5. The monoisotopic (exact) mass is 322 g/mol. The summed E-state index contributed by atoms with van der Waals surface area (Å²) >= 11 is 0. The molecule has 0 aliphatic rings. The second kappa shape index (κ2) is 9.58. The van der Waals surface area contributed by atoms with Crippen LogP contribution in [-0.4, -0.2) is 24.7 Å². The molecule has 1 heterocycles. The highest BCUT2D eigenvalue weighted by molar-refractivity contribution is 5.79. The predicted octanol–water partition coefficient (Wildman–Crippen LogP) is 3.68. The lowest BCUT2D eigenvalue weighted by atomic mass is 9.90. The number of aryl methyl sites for hydroxylation is 2. The summed E-state index contributed by atoms with van der Waals surface area (Å²) in [5.74, 6) is 1.81. The van der Waals surface area contributed by atoms with Crippen molar-refractivity contribution in [1.82, 2.24) is 15.8 Å². The summed E-state index contributed by atoms with van der Waals surface area (Å²) in [6.07, 6.45) is 5.40. The first-order valence-electron chi connectivity index (χ1n) is 8.82. The van der Waals surface area contributed by atoms with Crippen LogP contribution in [-0.2, 0) is 19.4 Å². The van der Waals surface area contributed by atoms with E-state index in [1.165, 1.54) is 18.4 Å². The molecule has 1 aromatic rings. The van der Waals surface area contributed by atoms with Gasteiger partial charge in [-0.1, -0.05) is 46.2 Å². The van der Waals surface area contributed by atoms with Crippen LogP contribution in [0.3, 0.4) is 0 Å². The minimum Gasteiger partial charge on any atom is -0.361 e. The topological polar surface area (TPSA) is 62.5 Å². The van der Waals surface area contributed by atoms with Crippen molar-refractivity contribution in [2.45, 2.75) is 73.3 Å². The van der Waals surface area contributed by atoms with Crippen molar-refractivity contribution >= 4 is 5.96 Å². The molecule has 132 valence electrons. The van der Waals surface area contributed by atoms with Crippen LogP contribution < -0.4 is 10.6 Å². The third kappa shape index (κ3) is 7.06. The van der Waals surface area contributed by atoms with Gasteiger partial charge in [0.1, 0.15) is 5.76 Å². The van der Waals surface area contributed by atoms with E-state index in [1.807, 2.05) is 0 Å². The molecule has 0 aliphatic heterocycles. The van der Waals surface area contributed by atoms with E-state index in [0.29, 0.717) is 12.0 Å². The minimum atomic E-state index is 0.418. The average Bonchev–Trinajstić information content (AvgIpc) is 2.90. The first kappa shape index (κ1) is 19.5.